The molecule has 20 heavy (non-hydrogen) atoms. The van der Waals surface area contributed by atoms with Gasteiger partial charge in [0.15, 0.2) is 0 Å². The summed E-state index contributed by atoms with van der Waals surface area (Å²) in [5, 5.41) is 0. The van der Waals surface area contributed by atoms with E-state index < -0.39 is 11.7 Å². The monoisotopic (exact) mass is 287 g/mol. The second kappa shape index (κ2) is 6.17. The Morgan fingerprint density at radius 2 is 1.55 bits per heavy atom. The summed E-state index contributed by atoms with van der Waals surface area (Å²) in [7, 11) is 0. The SMILES string of the molecule is CC(CC(N)Cc1ccc(C(F)(F)F)cc1)C(C)(C)C. The Labute approximate surface area is 119 Å². The summed E-state index contributed by atoms with van der Waals surface area (Å²) in [4.78, 5) is 0. The molecular formula is C16H24F3N. The van der Waals surface area contributed by atoms with Gasteiger partial charge in [-0.05, 0) is 41.9 Å². The molecule has 4 heteroatoms. The third-order valence-electron chi connectivity index (χ3n) is 3.91. The van der Waals surface area contributed by atoms with Crippen LogP contribution in [0, 0.1) is 11.3 Å². The average Bonchev–Trinajstić information content (AvgIpc) is 2.26. The van der Waals surface area contributed by atoms with Crippen LogP contribution in [0.4, 0.5) is 13.2 Å². The summed E-state index contributed by atoms with van der Waals surface area (Å²) in [5.41, 5.74) is 6.54. The Bertz CT molecular complexity index is 415. The average molecular weight is 287 g/mol. The van der Waals surface area contributed by atoms with E-state index in [0.717, 1.165) is 24.1 Å². The van der Waals surface area contributed by atoms with Crippen LogP contribution >= 0.6 is 0 Å². The first kappa shape index (κ1) is 17.0. The largest absolute Gasteiger partial charge is 0.416 e. The molecule has 114 valence electrons. The van der Waals surface area contributed by atoms with Gasteiger partial charge in [-0.1, -0.05) is 39.8 Å². The Kier molecular flexibility index (Phi) is 5.25. The van der Waals surface area contributed by atoms with Gasteiger partial charge in [-0.3, -0.25) is 0 Å². The molecule has 1 aromatic rings. The Morgan fingerprint density at radius 1 is 1.05 bits per heavy atom. The highest BCUT2D eigenvalue weighted by Crippen LogP contribution is 2.30. The van der Waals surface area contributed by atoms with Gasteiger partial charge in [0.2, 0.25) is 0 Å². The maximum atomic E-state index is 12.5. The minimum atomic E-state index is -4.28. The van der Waals surface area contributed by atoms with Gasteiger partial charge in [-0.2, -0.15) is 13.2 Å². The fourth-order valence-electron chi connectivity index (χ4n) is 2.02. The Morgan fingerprint density at radius 3 is 1.95 bits per heavy atom. The third-order valence-corrected chi connectivity index (χ3v) is 3.91. The Balaban J connectivity index is 2.61. The standard InChI is InChI=1S/C16H24F3N/c1-11(15(2,3)4)9-14(20)10-12-5-7-13(8-6-12)16(17,18)19/h5-8,11,14H,9-10,20H2,1-4H3. The summed E-state index contributed by atoms with van der Waals surface area (Å²) in [6, 6.07) is 5.25. The van der Waals surface area contributed by atoms with Crippen molar-refractivity contribution in [3.05, 3.63) is 35.4 Å². The first-order valence-electron chi connectivity index (χ1n) is 6.92. The lowest BCUT2D eigenvalue weighted by molar-refractivity contribution is -0.137. The first-order chi connectivity index (χ1) is 9.00. The van der Waals surface area contributed by atoms with Gasteiger partial charge in [-0.15, -0.1) is 0 Å². The van der Waals surface area contributed by atoms with Crippen LogP contribution in [0.25, 0.3) is 0 Å². The minimum Gasteiger partial charge on any atom is -0.327 e. The van der Waals surface area contributed by atoms with E-state index in [9.17, 15) is 13.2 Å². The number of rotatable bonds is 4. The molecule has 0 aromatic heterocycles. The van der Waals surface area contributed by atoms with Crippen molar-refractivity contribution >= 4 is 0 Å². The number of hydrogen-bond acceptors (Lipinski definition) is 1. The highest BCUT2D eigenvalue weighted by Gasteiger charge is 2.30. The van der Waals surface area contributed by atoms with E-state index >= 15 is 0 Å². The summed E-state index contributed by atoms with van der Waals surface area (Å²) in [6.07, 6.45) is -2.80. The van der Waals surface area contributed by atoms with Crippen molar-refractivity contribution in [3.8, 4) is 0 Å². The predicted molar refractivity (Wildman–Crippen MR) is 76.4 cm³/mol. The zero-order valence-corrected chi connectivity index (χ0v) is 12.6. The van der Waals surface area contributed by atoms with Crippen LogP contribution < -0.4 is 5.73 Å². The molecule has 0 aliphatic heterocycles. The zero-order chi connectivity index (χ0) is 15.6. The quantitative estimate of drug-likeness (QED) is 0.857. The van der Waals surface area contributed by atoms with Gasteiger partial charge in [0.1, 0.15) is 0 Å². The molecule has 0 spiro atoms. The predicted octanol–water partition coefficient (Wildman–Crippen LogP) is 4.65. The maximum absolute atomic E-state index is 12.5. The lowest BCUT2D eigenvalue weighted by atomic mass is 9.78. The molecule has 0 radical (unpaired) electrons. The number of hydrogen-bond donors (Lipinski definition) is 1. The van der Waals surface area contributed by atoms with Crippen LogP contribution in [0.2, 0.25) is 0 Å². The molecule has 0 saturated carbocycles. The highest BCUT2D eigenvalue weighted by molar-refractivity contribution is 5.25. The topological polar surface area (TPSA) is 26.0 Å². The molecule has 2 unspecified atom stereocenters. The van der Waals surface area contributed by atoms with Gasteiger partial charge >= 0.3 is 6.18 Å². The van der Waals surface area contributed by atoms with E-state index in [1.807, 2.05) is 0 Å². The van der Waals surface area contributed by atoms with Crippen molar-refractivity contribution < 1.29 is 13.2 Å². The Hall–Kier alpha value is -1.03. The van der Waals surface area contributed by atoms with Crippen LogP contribution in [-0.4, -0.2) is 6.04 Å². The van der Waals surface area contributed by atoms with Crippen molar-refractivity contribution in [2.24, 2.45) is 17.1 Å². The number of halogens is 3. The molecular weight excluding hydrogens is 263 g/mol. The normalized spacial score (nSPS) is 16.0. The number of nitrogens with two attached hydrogens (primary N) is 1. The summed E-state index contributed by atoms with van der Waals surface area (Å²) in [5.74, 6) is 0.465. The second-order valence-corrected chi connectivity index (χ2v) is 6.66. The summed E-state index contributed by atoms with van der Waals surface area (Å²) < 4.78 is 37.4. The molecule has 0 fully saturated rings. The maximum Gasteiger partial charge on any atom is 0.416 e. The van der Waals surface area contributed by atoms with Crippen LogP contribution in [-0.2, 0) is 12.6 Å². The van der Waals surface area contributed by atoms with Crippen LogP contribution in [0.15, 0.2) is 24.3 Å². The van der Waals surface area contributed by atoms with Crippen molar-refractivity contribution in [1.29, 1.82) is 0 Å². The zero-order valence-electron chi connectivity index (χ0n) is 12.6. The van der Waals surface area contributed by atoms with Gasteiger partial charge in [-0.25, -0.2) is 0 Å². The summed E-state index contributed by atoms with van der Waals surface area (Å²) in [6.45, 7) is 8.67. The summed E-state index contributed by atoms with van der Waals surface area (Å²) >= 11 is 0. The van der Waals surface area contributed by atoms with Crippen molar-refractivity contribution in [2.45, 2.75) is 52.8 Å². The highest BCUT2D eigenvalue weighted by atomic mass is 19.4. The van der Waals surface area contributed by atoms with Crippen LogP contribution in [0.5, 0.6) is 0 Å². The minimum absolute atomic E-state index is 0.0269. The number of alkyl halides is 3. The van der Waals surface area contributed by atoms with Gasteiger partial charge < -0.3 is 5.73 Å². The molecule has 1 nitrogen and oxygen atoms in total. The number of benzene rings is 1. The van der Waals surface area contributed by atoms with Crippen molar-refractivity contribution in [2.75, 3.05) is 0 Å². The van der Waals surface area contributed by atoms with Crippen LogP contribution in [0.1, 0.15) is 45.2 Å². The molecule has 0 aliphatic rings. The van der Waals surface area contributed by atoms with E-state index in [0.29, 0.717) is 12.3 Å². The fraction of sp³-hybridized carbons (Fsp3) is 0.625. The van der Waals surface area contributed by atoms with E-state index in [1.165, 1.54) is 12.1 Å². The molecule has 0 amide bonds. The molecule has 0 bridgehead atoms. The van der Waals surface area contributed by atoms with Gasteiger partial charge in [0.25, 0.3) is 0 Å². The lowest BCUT2D eigenvalue weighted by Gasteiger charge is -2.29. The van der Waals surface area contributed by atoms with Crippen molar-refractivity contribution in [1.82, 2.24) is 0 Å². The van der Waals surface area contributed by atoms with Crippen LogP contribution in [0.3, 0.4) is 0 Å². The molecule has 2 atom stereocenters. The molecule has 2 N–H and O–H groups in total. The molecule has 0 aliphatic carbocycles. The smallest absolute Gasteiger partial charge is 0.327 e. The fourth-order valence-corrected chi connectivity index (χ4v) is 2.02. The molecule has 1 rings (SSSR count). The van der Waals surface area contributed by atoms with Gasteiger partial charge in [0, 0.05) is 6.04 Å². The molecule has 1 aromatic carbocycles. The van der Waals surface area contributed by atoms with E-state index in [1.54, 1.807) is 0 Å². The third kappa shape index (κ3) is 5.16. The second-order valence-electron chi connectivity index (χ2n) is 6.66. The first-order valence-corrected chi connectivity index (χ1v) is 6.92. The molecule has 0 heterocycles. The molecule has 0 saturated heterocycles. The van der Waals surface area contributed by atoms with E-state index in [2.05, 4.69) is 27.7 Å². The van der Waals surface area contributed by atoms with E-state index in [-0.39, 0.29) is 11.5 Å². The van der Waals surface area contributed by atoms with Crippen molar-refractivity contribution in [3.63, 3.8) is 0 Å². The van der Waals surface area contributed by atoms with E-state index in [4.69, 9.17) is 5.73 Å². The van der Waals surface area contributed by atoms with Gasteiger partial charge in [0.05, 0.1) is 5.56 Å². The lowest BCUT2D eigenvalue weighted by Crippen LogP contribution is -2.30.